The zero-order valence-electron chi connectivity index (χ0n) is 10.2. The van der Waals surface area contributed by atoms with Crippen molar-refractivity contribution in [2.75, 3.05) is 0 Å². The highest BCUT2D eigenvalue weighted by Gasteiger charge is 2.21. The third kappa shape index (κ3) is 2.02. The SMILES string of the molecule is Cc1ccc(C)c2c(Br)c(CNC3CC3)[nH]c12. The van der Waals surface area contributed by atoms with Crippen molar-refractivity contribution in [2.24, 2.45) is 0 Å². The molecule has 2 N–H and O–H groups in total. The van der Waals surface area contributed by atoms with E-state index in [9.17, 15) is 0 Å². The lowest BCUT2D eigenvalue weighted by Crippen LogP contribution is -2.15. The molecule has 0 spiro atoms. The van der Waals surface area contributed by atoms with Crippen molar-refractivity contribution in [1.29, 1.82) is 0 Å². The van der Waals surface area contributed by atoms with E-state index in [1.165, 1.54) is 45.0 Å². The fraction of sp³-hybridized carbons (Fsp3) is 0.429. The Kier molecular flexibility index (Phi) is 2.75. The lowest BCUT2D eigenvalue weighted by Gasteiger charge is -2.01. The van der Waals surface area contributed by atoms with Crippen LogP contribution < -0.4 is 5.32 Å². The Balaban J connectivity index is 2.03. The predicted molar refractivity (Wildman–Crippen MR) is 75.3 cm³/mol. The molecule has 1 aliphatic rings. The van der Waals surface area contributed by atoms with Crippen molar-refractivity contribution < 1.29 is 0 Å². The zero-order valence-corrected chi connectivity index (χ0v) is 11.8. The number of rotatable bonds is 3. The third-order valence-electron chi connectivity index (χ3n) is 3.53. The quantitative estimate of drug-likeness (QED) is 0.885. The van der Waals surface area contributed by atoms with E-state index in [4.69, 9.17) is 0 Å². The second kappa shape index (κ2) is 4.14. The monoisotopic (exact) mass is 292 g/mol. The molecule has 1 saturated carbocycles. The lowest BCUT2D eigenvalue weighted by atomic mass is 10.1. The minimum Gasteiger partial charge on any atom is -0.356 e. The Labute approximate surface area is 110 Å². The van der Waals surface area contributed by atoms with Gasteiger partial charge in [0.25, 0.3) is 0 Å². The van der Waals surface area contributed by atoms with Crippen LogP contribution in [0.1, 0.15) is 29.7 Å². The lowest BCUT2D eigenvalue weighted by molar-refractivity contribution is 0.676. The molecule has 3 rings (SSSR count). The van der Waals surface area contributed by atoms with Gasteiger partial charge in [-0.3, -0.25) is 0 Å². The van der Waals surface area contributed by atoms with Crippen molar-refractivity contribution in [3.63, 3.8) is 0 Å². The van der Waals surface area contributed by atoms with Crippen molar-refractivity contribution in [2.45, 2.75) is 39.3 Å². The summed E-state index contributed by atoms with van der Waals surface area (Å²) in [6.07, 6.45) is 2.66. The van der Waals surface area contributed by atoms with Crippen LogP contribution in [-0.4, -0.2) is 11.0 Å². The van der Waals surface area contributed by atoms with Crippen LogP contribution >= 0.6 is 15.9 Å². The van der Waals surface area contributed by atoms with Crippen LogP contribution in [0, 0.1) is 13.8 Å². The number of benzene rings is 1. The summed E-state index contributed by atoms with van der Waals surface area (Å²) in [4.78, 5) is 3.55. The van der Waals surface area contributed by atoms with Crippen LogP contribution in [0.2, 0.25) is 0 Å². The average Bonchev–Trinajstić information content (AvgIpc) is 3.06. The second-order valence-electron chi connectivity index (χ2n) is 5.02. The van der Waals surface area contributed by atoms with Crippen LogP contribution in [0.3, 0.4) is 0 Å². The first-order valence-corrected chi connectivity index (χ1v) is 6.95. The molecule has 2 nitrogen and oxygen atoms in total. The molecule has 0 saturated heterocycles. The smallest absolute Gasteiger partial charge is 0.0500 e. The molecule has 1 heterocycles. The van der Waals surface area contributed by atoms with Crippen molar-refractivity contribution in [3.8, 4) is 0 Å². The van der Waals surface area contributed by atoms with Crippen LogP contribution in [-0.2, 0) is 6.54 Å². The van der Waals surface area contributed by atoms with Crippen LogP contribution in [0.4, 0.5) is 0 Å². The largest absolute Gasteiger partial charge is 0.356 e. The summed E-state index contributed by atoms with van der Waals surface area (Å²) < 4.78 is 1.22. The van der Waals surface area contributed by atoms with E-state index >= 15 is 0 Å². The first kappa shape index (κ1) is 11.3. The van der Waals surface area contributed by atoms with Gasteiger partial charge in [-0.05, 0) is 53.7 Å². The molecule has 0 bridgehead atoms. The second-order valence-corrected chi connectivity index (χ2v) is 5.82. The normalized spacial score (nSPS) is 15.7. The Morgan fingerprint density at radius 2 is 2.00 bits per heavy atom. The summed E-state index contributed by atoms with van der Waals surface area (Å²) in [5, 5.41) is 4.88. The Morgan fingerprint density at radius 3 is 2.65 bits per heavy atom. The summed E-state index contributed by atoms with van der Waals surface area (Å²) in [7, 11) is 0. The molecule has 0 atom stereocenters. The maximum Gasteiger partial charge on any atom is 0.0500 e. The Bertz CT molecular complexity index is 567. The van der Waals surface area contributed by atoms with Gasteiger partial charge in [-0.1, -0.05) is 12.1 Å². The summed E-state index contributed by atoms with van der Waals surface area (Å²) in [5.74, 6) is 0. The summed E-state index contributed by atoms with van der Waals surface area (Å²) in [5.41, 5.74) is 5.17. The van der Waals surface area contributed by atoms with Crippen LogP contribution in [0.25, 0.3) is 10.9 Å². The number of H-pyrrole nitrogens is 1. The van der Waals surface area contributed by atoms with Gasteiger partial charge in [-0.25, -0.2) is 0 Å². The Morgan fingerprint density at radius 1 is 1.29 bits per heavy atom. The van der Waals surface area contributed by atoms with Gasteiger partial charge in [0.05, 0.1) is 5.52 Å². The maximum absolute atomic E-state index is 3.74. The fourth-order valence-electron chi connectivity index (χ4n) is 2.27. The van der Waals surface area contributed by atoms with Gasteiger partial charge in [-0.15, -0.1) is 0 Å². The van der Waals surface area contributed by atoms with E-state index in [2.05, 4.69) is 52.2 Å². The van der Waals surface area contributed by atoms with Gasteiger partial charge in [0.1, 0.15) is 0 Å². The molecule has 0 radical (unpaired) electrons. The minimum atomic E-state index is 0.746. The molecule has 1 aromatic carbocycles. The predicted octanol–water partition coefficient (Wildman–Crippen LogP) is 3.80. The van der Waals surface area contributed by atoms with Gasteiger partial charge in [0.15, 0.2) is 0 Å². The first-order chi connectivity index (χ1) is 8.16. The van der Waals surface area contributed by atoms with E-state index in [1.807, 2.05) is 0 Å². The molecule has 3 heteroatoms. The fourth-order valence-corrected chi connectivity index (χ4v) is 3.02. The van der Waals surface area contributed by atoms with Crippen molar-refractivity contribution in [1.82, 2.24) is 10.3 Å². The molecule has 0 amide bonds. The van der Waals surface area contributed by atoms with Gasteiger partial charge in [0.2, 0.25) is 0 Å². The van der Waals surface area contributed by atoms with Gasteiger partial charge < -0.3 is 10.3 Å². The first-order valence-electron chi connectivity index (χ1n) is 6.16. The number of halogens is 1. The number of aromatic amines is 1. The van der Waals surface area contributed by atoms with Crippen molar-refractivity contribution >= 4 is 26.8 Å². The molecule has 0 aliphatic heterocycles. The van der Waals surface area contributed by atoms with E-state index < -0.39 is 0 Å². The average molecular weight is 293 g/mol. The molecule has 0 unspecified atom stereocenters. The number of aryl methyl sites for hydroxylation is 2. The highest BCUT2D eigenvalue weighted by Crippen LogP contribution is 2.32. The summed E-state index contributed by atoms with van der Waals surface area (Å²) in [6.45, 7) is 5.25. The van der Waals surface area contributed by atoms with E-state index in [-0.39, 0.29) is 0 Å². The molecule has 1 fully saturated rings. The van der Waals surface area contributed by atoms with E-state index in [0.717, 1.165) is 12.6 Å². The molecular formula is C14H17BrN2. The minimum absolute atomic E-state index is 0.746. The zero-order chi connectivity index (χ0) is 12.0. The van der Waals surface area contributed by atoms with Gasteiger partial charge in [-0.2, -0.15) is 0 Å². The third-order valence-corrected chi connectivity index (χ3v) is 4.40. The molecular weight excluding hydrogens is 276 g/mol. The number of aromatic nitrogens is 1. The van der Waals surface area contributed by atoms with E-state index in [1.54, 1.807) is 0 Å². The van der Waals surface area contributed by atoms with Crippen molar-refractivity contribution in [3.05, 3.63) is 33.4 Å². The maximum atomic E-state index is 3.74. The number of hydrogen-bond donors (Lipinski definition) is 2. The van der Waals surface area contributed by atoms with Crippen LogP contribution in [0.15, 0.2) is 16.6 Å². The highest BCUT2D eigenvalue weighted by atomic mass is 79.9. The van der Waals surface area contributed by atoms with Gasteiger partial charge in [0, 0.05) is 28.1 Å². The van der Waals surface area contributed by atoms with Crippen LogP contribution in [0.5, 0.6) is 0 Å². The Hall–Kier alpha value is -0.800. The number of nitrogens with one attached hydrogen (secondary N) is 2. The number of hydrogen-bond acceptors (Lipinski definition) is 1. The van der Waals surface area contributed by atoms with E-state index in [0.29, 0.717) is 0 Å². The summed E-state index contributed by atoms with van der Waals surface area (Å²) >= 11 is 3.74. The van der Waals surface area contributed by atoms with Gasteiger partial charge >= 0.3 is 0 Å². The molecule has 17 heavy (non-hydrogen) atoms. The highest BCUT2D eigenvalue weighted by molar-refractivity contribution is 9.10. The topological polar surface area (TPSA) is 27.8 Å². The number of fused-ring (bicyclic) bond motifs is 1. The molecule has 90 valence electrons. The summed E-state index contributed by atoms with van der Waals surface area (Å²) in [6, 6.07) is 5.11. The molecule has 1 aliphatic carbocycles. The standard InChI is InChI=1S/C14H17BrN2/c1-8-3-4-9(2)14-12(8)13(15)11(17-14)7-16-10-5-6-10/h3-4,10,16-17H,5-7H2,1-2H3. The molecule has 1 aromatic heterocycles. The molecule has 2 aromatic rings.